The standard InChI is InChI=1S/C12H11F3OS/c1-3-11(17-12(13,14)15)8-9-5-4-6-10(7-9)16-2/h1,4-7,11H,8H2,2H3/t11-/m1/s1. The summed E-state index contributed by atoms with van der Waals surface area (Å²) in [5.74, 6) is 2.75. The van der Waals surface area contributed by atoms with Crippen molar-refractivity contribution in [3.8, 4) is 18.1 Å². The molecule has 1 aromatic rings. The molecule has 0 bridgehead atoms. The highest BCUT2D eigenvalue weighted by molar-refractivity contribution is 8.01. The van der Waals surface area contributed by atoms with Gasteiger partial charge in [0.05, 0.1) is 12.4 Å². The first kappa shape index (κ1) is 13.8. The molecule has 0 aliphatic carbocycles. The molecule has 17 heavy (non-hydrogen) atoms. The zero-order chi connectivity index (χ0) is 12.9. The summed E-state index contributed by atoms with van der Waals surface area (Å²) in [6, 6.07) is 6.86. The Balaban J connectivity index is 2.71. The molecule has 0 N–H and O–H groups in total. The van der Waals surface area contributed by atoms with E-state index < -0.39 is 10.8 Å². The fourth-order valence-corrected chi connectivity index (χ4v) is 1.98. The van der Waals surface area contributed by atoms with E-state index in [1.54, 1.807) is 24.3 Å². The smallest absolute Gasteiger partial charge is 0.443 e. The molecule has 0 unspecified atom stereocenters. The van der Waals surface area contributed by atoms with E-state index >= 15 is 0 Å². The first-order valence-corrected chi connectivity index (χ1v) is 5.66. The second-order valence-corrected chi connectivity index (χ2v) is 4.54. The van der Waals surface area contributed by atoms with Crippen LogP contribution in [0.1, 0.15) is 5.56 Å². The van der Waals surface area contributed by atoms with Crippen molar-refractivity contribution < 1.29 is 17.9 Å². The van der Waals surface area contributed by atoms with Gasteiger partial charge in [-0.1, -0.05) is 18.1 Å². The van der Waals surface area contributed by atoms with E-state index in [4.69, 9.17) is 11.2 Å². The summed E-state index contributed by atoms with van der Waals surface area (Å²) in [5.41, 5.74) is -3.58. The average Bonchev–Trinajstić information content (AvgIpc) is 2.26. The molecule has 1 nitrogen and oxygen atoms in total. The molecule has 0 amide bonds. The number of terminal acetylenes is 1. The Kier molecular flexibility index (Phi) is 4.76. The Bertz CT molecular complexity index is 409. The number of benzene rings is 1. The Labute approximate surface area is 102 Å². The molecule has 92 valence electrons. The van der Waals surface area contributed by atoms with Crippen LogP contribution in [0.4, 0.5) is 13.2 Å². The Hall–Kier alpha value is -1.28. The zero-order valence-corrected chi connectivity index (χ0v) is 9.94. The molecular formula is C12H11F3OS. The third-order valence-corrected chi connectivity index (χ3v) is 2.87. The topological polar surface area (TPSA) is 9.23 Å². The maximum Gasteiger partial charge on any atom is 0.443 e. The molecule has 0 saturated heterocycles. The van der Waals surface area contributed by atoms with E-state index in [0.29, 0.717) is 5.75 Å². The molecule has 0 aromatic heterocycles. The van der Waals surface area contributed by atoms with Crippen molar-refractivity contribution in [3.05, 3.63) is 29.8 Å². The predicted molar refractivity (Wildman–Crippen MR) is 63.0 cm³/mol. The molecule has 1 atom stereocenters. The van der Waals surface area contributed by atoms with Crippen LogP contribution in [0.15, 0.2) is 24.3 Å². The van der Waals surface area contributed by atoms with Gasteiger partial charge in [0.1, 0.15) is 5.75 Å². The van der Waals surface area contributed by atoms with Crippen LogP contribution in [0.25, 0.3) is 0 Å². The Morgan fingerprint density at radius 2 is 2.18 bits per heavy atom. The minimum Gasteiger partial charge on any atom is -0.497 e. The summed E-state index contributed by atoms with van der Waals surface area (Å²) < 4.78 is 41.5. The van der Waals surface area contributed by atoms with Gasteiger partial charge in [-0.15, -0.1) is 6.42 Å². The minimum absolute atomic E-state index is 0.165. The molecule has 0 saturated carbocycles. The quantitative estimate of drug-likeness (QED) is 0.766. The van der Waals surface area contributed by atoms with Gasteiger partial charge in [0.2, 0.25) is 0 Å². The molecule has 0 aliphatic rings. The Morgan fingerprint density at radius 3 is 2.71 bits per heavy atom. The van der Waals surface area contributed by atoms with Crippen molar-refractivity contribution >= 4 is 11.8 Å². The van der Waals surface area contributed by atoms with E-state index in [9.17, 15) is 13.2 Å². The number of hydrogen-bond donors (Lipinski definition) is 0. The Morgan fingerprint density at radius 1 is 1.47 bits per heavy atom. The molecule has 0 radical (unpaired) electrons. The lowest BCUT2D eigenvalue weighted by Gasteiger charge is -2.13. The summed E-state index contributed by atoms with van der Waals surface area (Å²) >= 11 is -0.167. The molecule has 1 rings (SSSR count). The SMILES string of the molecule is C#C[C@H](Cc1cccc(OC)c1)SC(F)(F)F. The van der Waals surface area contributed by atoms with E-state index in [1.807, 2.05) is 0 Å². The fraction of sp³-hybridized carbons (Fsp3) is 0.333. The number of methoxy groups -OCH3 is 1. The van der Waals surface area contributed by atoms with E-state index in [2.05, 4.69) is 5.92 Å². The highest BCUT2D eigenvalue weighted by Crippen LogP contribution is 2.35. The predicted octanol–water partition coefficient (Wildman–Crippen LogP) is 3.49. The van der Waals surface area contributed by atoms with Crippen LogP contribution >= 0.6 is 11.8 Å². The van der Waals surface area contributed by atoms with Crippen molar-refractivity contribution in [2.24, 2.45) is 0 Å². The van der Waals surface area contributed by atoms with Crippen LogP contribution in [0, 0.1) is 12.3 Å². The summed E-state index contributed by atoms with van der Waals surface area (Å²) in [7, 11) is 1.50. The normalized spacial score (nSPS) is 12.9. The van der Waals surface area contributed by atoms with Gasteiger partial charge in [-0.05, 0) is 35.9 Å². The monoisotopic (exact) mass is 260 g/mol. The number of hydrogen-bond acceptors (Lipinski definition) is 2. The average molecular weight is 260 g/mol. The summed E-state index contributed by atoms with van der Waals surface area (Å²) in [6.07, 6.45) is 5.26. The van der Waals surface area contributed by atoms with Crippen molar-refractivity contribution in [2.45, 2.75) is 17.2 Å². The second-order valence-electron chi connectivity index (χ2n) is 3.27. The van der Waals surface area contributed by atoms with Crippen LogP contribution in [0.3, 0.4) is 0 Å². The van der Waals surface area contributed by atoms with Gasteiger partial charge in [-0.3, -0.25) is 0 Å². The third kappa shape index (κ3) is 5.05. The van der Waals surface area contributed by atoms with Crippen molar-refractivity contribution in [1.29, 1.82) is 0 Å². The third-order valence-electron chi connectivity index (χ3n) is 2.02. The first-order valence-electron chi connectivity index (χ1n) is 4.78. The summed E-state index contributed by atoms with van der Waals surface area (Å²) in [5, 5.41) is -0.915. The van der Waals surface area contributed by atoms with Crippen LogP contribution < -0.4 is 4.74 Å². The summed E-state index contributed by atoms with van der Waals surface area (Å²) in [4.78, 5) is 0. The van der Waals surface area contributed by atoms with E-state index in [0.717, 1.165) is 5.56 Å². The van der Waals surface area contributed by atoms with Crippen molar-refractivity contribution in [1.82, 2.24) is 0 Å². The highest BCUT2D eigenvalue weighted by Gasteiger charge is 2.32. The van der Waals surface area contributed by atoms with Crippen molar-refractivity contribution in [3.63, 3.8) is 0 Å². The van der Waals surface area contributed by atoms with E-state index in [1.165, 1.54) is 7.11 Å². The molecule has 1 aromatic carbocycles. The zero-order valence-electron chi connectivity index (χ0n) is 9.12. The minimum atomic E-state index is -4.31. The molecule has 5 heteroatoms. The number of thioether (sulfide) groups is 1. The van der Waals surface area contributed by atoms with Gasteiger partial charge in [0, 0.05) is 0 Å². The second kappa shape index (κ2) is 5.87. The lowest BCUT2D eigenvalue weighted by molar-refractivity contribution is -0.0330. The highest BCUT2D eigenvalue weighted by atomic mass is 32.2. The van der Waals surface area contributed by atoms with Gasteiger partial charge >= 0.3 is 5.51 Å². The van der Waals surface area contributed by atoms with Crippen LogP contribution in [-0.4, -0.2) is 17.9 Å². The fourth-order valence-electron chi connectivity index (χ4n) is 1.31. The number of rotatable bonds is 4. The van der Waals surface area contributed by atoms with Crippen LogP contribution in [-0.2, 0) is 6.42 Å². The van der Waals surface area contributed by atoms with Gasteiger partial charge in [0.25, 0.3) is 0 Å². The molecule has 0 aliphatic heterocycles. The van der Waals surface area contributed by atoms with Gasteiger partial charge < -0.3 is 4.74 Å². The molecular weight excluding hydrogens is 249 g/mol. The van der Waals surface area contributed by atoms with Crippen molar-refractivity contribution in [2.75, 3.05) is 7.11 Å². The maximum atomic E-state index is 12.2. The lowest BCUT2D eigenvalue weighted by Crippen LogP contribution is -2.12. The van der Waals surface area contributed by atoms with Crippen LogP contribution in [0.5, 0.6) is 5.75 Å². The van der Waals surface area contributed by atoms with E-state index in [-0.39, 0.29) is 18.2 Å². The first-order chi connectivity index (χ1) is 7.94. The number of halogens is 3. The van der Waals surface area contributed by atoms with Gasteiger partial charge in [-0.2, -0.15) is 13.2 Å². The number of alkyl halides is 3. The molecule has 0 heterocycles. The number of ether oxygens (including phenoxy) is 1. The molecule has 0 spiro atoms. The largest absolute Gasteiger partial charge is 0.497 e. The lowest BCUT2D eigenvalue weighted by atomic mass is 10.1. The molecule has 0 fully saturated rings. The van der Waals surface area contributed by atoms with Crippen LogP contribution in [0.2, 0.25) is 0 Å². The maximum absolute atomic E-state index is 12.2. The summed E-state index contributed by atoms with van der Waals surface area (Å²) in [6.45, 7) is 0. The van der Waals surface area contributed by atoms with Gasteiger partial charge in [-0.25, -0.2) is 0 Å². The van der Waals surface area contributed by atoms with Gasteiger partial charge in [0.15, 0.2) is 0 Å².